The maximum atomic E-state index is 12.1. The summed E-state index contributed by atoms with van der Waals surface area (Å²) >= 11 is 0. The van der Waals surface area contributed by atoms with Crippen molar-refractivity contribution in [1.82, 2.24) is 4.98 Å². The van der Waals surface area contributed by atoms with Gasteiger partial charge in [-0.15, -0.1) is 0 Å². The summed E-state index contributed by atoms with van der Waals surface area (Å²) in [5.41, 5.74) is 4.29. The van der Waals surface area contributed by atoms with Crippen LogP contribution in [0.25, 0.3) is 0 Å². The molecule has 1 aromatic carbocycles. The second-order valence-electron chi connectivity index (χ2n) is 7.42. The van der Waals surface area contributed by atoms with E-state index in [1.807, 2.05) is 49.4 Å². The summed E-state index contributed by atoms with van der Waals surface area (Å²) in [7, 11) is 3.20. The van der Waals surface area contributed by atoms with Crippen molar-refractivity contribution in [3.05, 3.63) is 71.0 Å². The predicted octanol–water partition coefficient (Wildman–Crippen LogP) is 6.05. The van der Waals surface area contributed by atoms with Crippen molar-refractivity contribution in [3.8, 4) is 17.4 Å². The molecule has 180 valence electrons. The number of aromatic nitrogens is 1. The highest BCUT2D eigenvalue weighted by molar-refractivity contribution is 5.54. The van der Waals surface area contributed by atoms with E-state index in [4.69, 9.17) is 23.9 Å². The number of benzene rings is 1. The Balaban J connectivity index is 2.15. The number of allylic oxidation sites excluding steroid dienone is 3. The maximum absolute atomic E-state index is 12.1. The molecule has 6 heteroatoms. The highest BCUT2D eigenvalue weighted by atomic mass is 19.1. The number of methoxy groups -OCH3 is 2. The summed E-state index contributed by atoms with van der Waals surface area (Å²) in [5.74, 6) is 1.66. The summed E-state index contributed by atoms with van der Waals surface area (Å²) in [4.78, 5) is 4.75. The molecule has 0 aliphatic rings. The molecular formula is C27H36FNO4. The lowest BCUT2D eigenvalue weighted by Crippen LogP contribution is -2.08. The maximum Gasteiger partial charge on any atom is 0.261 e. The van der Waals surface area contributed by atoms with Crippen LogP contribution in [0.3, 0.4) is 0 Å². The zero-order valence-electron chi connectivity index (χ0n) is 20.2. The fraction of sp³-hybridized carbons (Fsp3) is 0.444. The number of pyridine rings is 1. The third kappa shape index (κ3) is 8.21. The highest BCUT2D eigenvalue weighted by Gasteiger charge is 2.22. The Hall–Kier alpha value is -2.86. The van der Waals surface area contributed by atoms with Crippen molar-refractivity contribution in [2.75, 3.05) is 34.1 Å². The summed E-state index contributed by atoms with van der Waals surface area (Å²) < 4.78 is 34.7. The third-order valence-corrected chi connectivity index (χ3v) is 5.25. The number of hydrogen-bond donors (Lipinski definition) is 0. The molecule has 0 spiro atoms. The molecule has 5 nitrogen and oxygen atoms in total. The molecule has 0 fully saturated rings. The monoisotopic (exact) mass is 457 g/mol. The van der Waals surface area contributed by atoms with Gasteiger partial charge in [-0.05, 0) is 38.2 Å². The van der Waals surface area contributed by atoms with E-state index in [1.54, 1.807) is 14.2 Å². The van der Waals surface area contributed by atoms with E-state index in [-0.39, 0.29) is 6.61 Å². The topological polar surface area (TPSA) is 49.8 Å². The Kier molecular flexibility index (Phi) is 12.0. The molecule has 33 heavy (non-hydrogen) atoms. The lowest BCUT2D eigenvalue weighted by atomic mass is 10.0. The zero-order chi connectivity index (χ0) is 23.9. The fourth-order valence-corrected chi connectivity index (χ4v) is 3.57. The lowest BCUT2D eigenvalue weighted by Gasteiger charge is -2.19. The third-order valence-electron chi connectivity index (χ3n) is 5.25. The van der Waals surface area contributed by atoms with E-state index in [0.29, 0.717) is 30.6 Å². The molecule has 2 aromatic rings. The van der Waals surface area contributed by atoms with Crippen LogP contribution in [0.1, 0.15) is 43.5 Å². The first-order valence-corrected chi connectivity index (χ1v) is 11.4. The van der Waals surface area contributed by atoms with Gasteiger partial charge in [0.05, 0.1) is 33.1 Å². The Labute approximate surface area is 197 Å². The second kappa shape index (κ2) is 15.1. The Morgan fingerprint density at radius 3 is 2.52 bits per heavy atom. The van der Waals surface area contributed by atoms with Crippen molar-refractivity contribution < 1.29 is 23.3 Å². The summed E-state index contributed by atoms with van der Waals surface area (Å²) in [5, 5.41) is 0. The molecule has 0 aliphatic carbocycles. The first-order valence-electron chi connectivity index (χ1n) is 11.4. The number of nitrogens with zero attached hydrogens (tertiary/aromatic N) is 1. The second-order valence-corrected chi connectivity index (χ2v) is 7.42. The highest BCUT2D eigenvalue weighted by Crippen LogP contribution is 2.41. The van der Waals surface area contributed by atoms with Gasteiger partial charge in [0, 0.05) is 5.56 Å². The molecule has 2 rings (SSSR count). The van der Waals surface area contributed by atoms with Crippen molar-refractivity contribution in [1.29, 1.82) is 0 Å². The Morgan fingerprint density at radius 2 is 1.88 bits per heavy atom. The first-order chi connectivity index (χ1) is 16.2. The zero-order valence-corrected chi connectivity index (χ0v) is 20.2. The van der Waals surface area contributed by atoms with Gasteiger partial charge in [0.15, 0.2) is 5.75 Å². The first kappa shape index (κ1) is 26.4. The van der Waals surface area contributed by atoms with E-state index >= 15 is 0 Å². The van der Waals surface area contributed by atoms with E-state index in [1.165, 1.54) is 5.57 Å². The van der Waals surface area contributed by atoms with Gasteiger partial charge in [0.25, 0.3) is 5.88 Å². The van der Waals surface area contributed by atoms with Gasteiger partial charge in [0.2, 0.25) is 5.75 Å². The summed E-state index contributed by atoms with van der Waals surface area (Å²) in [6.07, 6.45) is 9.42. The Morgan fingerprint density at radius 1 is 1.09 bits per heavy atom. The van der Waals surface area contributed by atoms with Crippen molar-refractivity contribution in [3.63, 3.8) is 0 Å². The predicted molar refractivity (Wildman–Crippen MR) is 130 cm³/mol. The van der Waals surface area contributed by atoms with Crippen LogP contribution in [0.4, 0.5) is 4.39 Å². The van der Waals surface area contributed by atoms with Gasteiger partial charge >= 0.3 is 0 Å². The normalized spacial score (nSPS) is 11.7. The van der Waals surface area contributed by atoms with E-state index in [2.05, 4.69) is 13.0 Å². The van der Waals surface area contributed by atoms with Crippen molar-refractivity contribution >= 4 is 0 Å². The molecule has 0 unspecified atom stereocenters. The van der Waals surface area contributed by atoms with Gasteiger partial charge in [-0.3, -0.25) is 0 Å². The molecule has 0 bridgehead atoms. The fourth-order valence-electron chi connectivity index (χ4n) is 3.57. The minimum absolute atomic E-state index is 0.134. The Bertz CT molecular complexity index is 897. The molecule has 1 heterocycles. The number of halogens is 1. The minimum atomic E-state index is -0.459. The minimum Gasteiger partial charge on any atom is -0.489 e. The van der Waals surface area contributed by atoms with E-state index in [9.17, 15) is 4.39 Å². The molecule has 1 aromatic heterocycles. The molecular weight excluding hydrogens is 421 g/mol. The number of rotatable bonds is 15. The number of aryl methyl sites for hydroxylation is 1. The number of ether oxygens (including phenoxy) is 4. The molecule has 0 radical (unpaired) electrons. The van der Waals surface area contributed by atoms with Crippen LogP contribution < -0.4 is 14.2 Å². The quantitative estimate of drug-likeness (QED) is 0.241. The van der Waals surface area contributed by atoms with Gasteiger partial charge in [-0.1, -0.05) is 61.1 Å². The number of hydrogen-bond acceptors (Lipinski definition) is 5. The lowest BCUT2D eigenvalue weighted by molar-refractivity contribution is 0.144. The van der Waals surface area contributed by atoms with Crippen LogP contribution in [0.15, 0.2) is 54.1 Å². The van der Waals surface area contributed by atoms with Gasteiger partial charge < -0.3 is 18.9 Å². The largest absolute Gasteiger partial charge is 0.489 e. The SMILES string of the molecule is C/C=C(\C=C/COCCF)CCCc1nc(OC)c(OC)c(OCc2ccccc2)c1CC. The molecule has 0 saturated carbocycles. The average Bonchev–Trinajstić information content (AvgIpc) is 2.86. The number of alkyl halides is 1. The molecule has 0 N–H and O–H groups in total. The smallest absolute Gasteiger partial charge is 0.261 e. The van der Waals surface area contributed by atoms with Gasteiger partial charge in [0.1, 0.15) is 13.3 Å². The molecule has 0 aliphatic heterocycles. The van der Waals surface area contributed by atoms with Crippen LogP contribution >= 0.6 is 0 Å². The van der Waals surface area contributed by atoms with Crippen molar-refractivity contribution in [2.45, 2.75) is 46.1 Å². The summed E-state index contributed by atoms with van der Waals surface area (Å²) in [6.45, 7) is 4.65. The van der Waals surface area contributed by atoms with Gasteiger partial charge in [-0.2, -0.15) is 0 Å². The standard InChI is InChI=1S/C27H36FNO4/c1-5-21(15-11-18-32-19-17-28)14-10-16-24-23(6-2)25(26(30-3)27(29-24)31-4)33-20-22-12-8-7-9-13-22/h5,7-9,11-13,15H,6,10,14,16-20H2,1-4H3/b15-11-,21-5-. The molecule has 0 saturated heterocycles. The van der Waals surface area contributed by atoms with Gasteiger partial charge in [-0.25, -0.2) is 9.37 Å². The van der Waals surface area contributed by atoms with Crippen molar-refractivity contribution in [2.24, 2.45) is 0 Å². The molecule has 0 amide bonds. The van der Waals surface area contributed by atoms with E-state index in [0.717, 1.165) is 42.5 Å². The van der Waals surface area contributed by atoms with Crippen LogP contribution in [-0.4, -0.2) is 39.1 Å². The summed E-state index contributed by atoms with van der Waals surface area (Å²) in [6, 6.07) is 10.0. The molecule has 0 atom stereocenters. The van der Waals surface area contributed by atoms with Crippen LogP contribution in [0.2, 0.25) is 0 Å². The van der Waals surface area contributed by atoms with Crippen LogP contribution in [0, 0.1) is 0 Å². The van der Waals surface area contributed by atoms with Crippen LogP contribution in [-0.2, 0) is 24.2 Å². The van der Waals surface area contributed by atoms with E-state index < -0.39 is 6.67 Å². The van der Waals surface area contributed by atoms with Crippen LogP contribution in [0.5, 0.6) is 17.4 Å². The average molecular weight is 458 g/mol.